The molecule has 0 aromatic heterocycles. The fourth-order valence-corrected chi connectivity index (χ4v) is 3.21. The van der Waals surface area contributed by atoms with E-state index in [4.69, 9.17) is 14.2 Å². The summed E-state index contributed by atoms with van der Waals surface area (Å²) in [6, 6.07) is 3.13. The van der Waals surface area contributed by atoms with Crippen molar-refractivity contribution in [1.82, 2.24) is 0 Å². The zero-order valence-electron chi connectivity index (χ0n) is 12.6. The van der Waals surface area contributed by atoms with Crippen molar-refractivity contribution in [3.05, 3.63) is 17.7 Å². The highest BCUT2D eigenvalue weighted by Gasteiger charge is 2.60. The lowest BCUT2D eigenvalue weighted by atomic mass is 9.72. The number of methoxy groups -OCH3 is 2. The number of rotatable bonds is 2. The molecule has 2 aliphatic rings. The van der Waals surface area contributed by atoms with Gasteiger partial charge in [-0.05, 0) is 0 Å². The van der Waals surface area contributed by atoms with Crippen molar-refractivity contribution in [2.24, 2.45) is 5.92 Å². The summed E-state index contributed by atoms with van der Waals surface area (Å²) < 4.78 is 16.2. The molecule has 0 unspecified atom stereocenters. The molecule has 2 atom stereocenters. The van der Waals surface area contributed by atoms with Crippen molar-refractivity contribution in [2.75, 3.05) is 14.2 Å². The second-order valence-corrected chi connectivity index (χ2v) is 5.61. The van der Waals surface area contributed by atoms with E-state index in [0.29, 0.717) is 11.5 Å². The number of Topliss-reactive ketones (excluding diaryl/α,β-unsaturated/α-hetero) is 3. The van der Waals surface area contributed by atoms with Gasteiger partial charge in [0.15, 0.2) is 5.78 Å². The Morgan fingerprint density at radius 2 is 1.91 bits per heavy atom. The van der Waals surface area contributed by atoms with Crippen LogP contribution < -0.4 is 14.2 Å². The van der Waals surface area contributed by atoms with Crippen LogP contribution in [0.15, 0.2) is 12.1 Å². The number of ether oxygens (including phenoxy) is 3. The van der Waals surface area contributed by atoms with Gasteiger partial charge in [-0.25, -0.2) is 0 Å². The predicted molar refractivity (Wildman–Crippen MR) is 75.6 cm³/mol. The van der Waals surface area contributed by atoms with Crippen molar-refractivity contribution in [3.63, 3.8) is 0 Å². The second kappa shape index (κ2) is 4.83. The van der Waals surface area contributed by atoms with E-state index in [1.165, 1.54) is 14.2 Å². The van der Waals surface area contributed by atoms with Gasteiger partial charge in [0, 0.05) is 24.5 Å². The number of carbonyl (C=O) groups is 3. The highest BCUT2D eigenvalue weighted by molar-refractivity contribution is 6.26. The van der Waals surface area contributed by atoms with Crippen LogP contribution in [0.1, 0.15) is 30.1 Å². The van der Waals surface area contributed by atoms with Gasteiger partial charge < -0.3 is 14.2 Å². The van der Waals surface area contributed by atoms with E-state index < -0.39 is 23.1 Å². The molecule has 1 fully saturated rings. The smallest absolute Gasteiger partial charge is 0.232 e. The maximum Gasteiger partial charge on any atom is 0.232 e. The Hall–Kier alpha value is -2.37. The van der Waals surface area contributed by atoms with E-state index in [1.54, 1.807) is 19.1 Å². The van der Waals surface area contributed by atoms with Gasteiger partial charge in [0.05, 0.1) is 20.6 Å². The SMILES string of the molecule is COc1cc(OC)c2c(c1)O[C@]1(C(=O)CC(=O)C[C@@H]1C)C2=O. The van der Waals surface area contributed by atoms with E-state index >= 15 is 0 Å². The van der Waals surface area contributed by atoms with Gasteiger partial charge in [0.1, 0.15) is 28.6 Å². The molecule has 3 rings (SSSR count). The molecule has 1 aliphatic carbocycles. The fourth-order valence-electron chi connectivity index (χ4n) is 3.21. The number of hydrogen-bond donors (Lipinski definition) is 0. The van der Waals surface area contributed by atoms with Crippen LogP contribution >= 0.6 is 0 Å². The van der Waals surface area contributed by atoms with Crippen molar-refractivity contribution < 1.29 is 28.6 Å². The lowest BCUT2D eigenvalue weighted by Gasteiger charge is -2.34. The third-order valence-corrected chi connectivity index (χ3v) is 4.33. The molecule has 0 saturated heterocycles. The number of benzene rings is 1. The minimum Gasteiger partial charge on any atom is -0.496 e. The molecular formula is C16H16O6. The first-order valence-electron chi connectivity index (χ1n) is 6.99. The van der Waals surface area contributed by atoms with E-state index in [9.17, 15) is 14.4 Å². The molecule has 1 heterocycles. The topological polar surface area (TPSA) is 78.9 Å². The molecular weight excluding hydrogens is 288 g/mol. The maximum absolute atomic E-state index is 12.9. The molecule has 6 nitrogen and oxygen atoms in total. The first-order chi connectivity index (χ1) is 10.4. The zero-order chi connectivity index (χ0) is 16.1. The summed E-state index contributed by atoms with van der Waals surface area (Å²) in [5.74, 6) is -0.585. The Kier molecular flexibility index (Phi) is 3.20. The van der Waals surface area contributed by atoms with Crippen LogP contribution in [0.25, 0.3) is 0 Å². The monoisotopic (exact) mass is 304 g/mol. The van der Waals surface area contributed by atoms with Gasteiger partial charge in [-0.15, -0.1) is 0 Å². The molecule has 22 heavy (non-hydrogen) atoms. The summed E-state index contributed by atoms with van der Waals surface area (Å²) in [5.41, 5.74) is -1.38. The van der Waals surface area contributed by atoms with Crippen molar-refractivity contribution in [2.45, 2.75) is 25.4 Å². The number of fused-ring (bicyclic) bond motifs is 1. The summed E-state index contributed by atoms with van der Waals surface area (Å²) in [6.07, 6.45) is -0.131. The molecule has 1 aliphatic heterocycles. The van der Waals surface area contributed by atoms with Gasteiger partial charge in [0.2, 0.25) is 11.4 Å². The maximum atomic E-state index is 12.9. The molecule has 0 amide bonds. The van der Waals surface area contributed by atoms with Crippen LogP contribution in [0.5, 0.6) is 17.2 Å². The van der Waals surface area contributed by atoms with E-state index in [1.807, 2.05) is 0 Å². The first-order valence-corrected chi connectivity index (χ1v) is 6.99. The van der Waals surface area contributed by atoms with Gasteiger partial charge in [-0.1, -0.05) is 6.92 Å². The van der Waals surface area contributed by atoms with Crippen LogP contribution in [-0.2, 0) is 9.59 Å². The third kappa shape index (κ3) is 1.76. The minimum atomic E-state index is -1.62. The quantitative estimate of drug-likeness (QED) is 0.772. The molecule has 0 N–H and O–H groups in total. The molecule has 0 bridgehead atoms. The molecule has 1 spiro atoms. The Bertz CT molecular complexity index is 692. The Balaban J connectivity index is 2.15. The summed E-state index contributed by atoms with van der Waals surface area (Å²) in [4.78, 5) is 36.9. The first kappa shape index (κ1) is 14.6. The lowest BCUT2D eigenvalue weighted by Crippen LogP contribution is -2.57. The Labute approximate surface area is 127 Å². The molecule has 1 saturated carbocycles. The van der Waals surface area contributed by atoms with Crippen LogP contribution in [-0.4, -0.2) is 37.2 Å². The standard InChI is InChI=1S/C16H16O6/c1-8-4-9(17)5-13(18)16(8)15(19)14-11(21-3)6-10(20-2)7-12(14)22-16/h6-8H,4-5H2,1-3H3/t8-,16+/m0/s1. The van der Waals surface area contributed by atoms with Gasteiger partial charge in [0.25, 0.3) is 0 Å². The molecule has 1 aromatic carbocycles. The summed E-state index contributed by atoms with van der Waals surface area (Å²) in [7, 11) is 2.92. The van der Waals surface area contributed by atoms with Crippen LogP contribution in [0, 0.1) is 5.92 Å². The summed E-state index contributed by atoms with van der Waals surface area (Å²) in [6.45, 7) is 1.68. The van der Waals surface area contributed by atoms with Crippen LogP contribution in [0.2, 0.25) is 0 Å². The van der Waals surface area contributed by atoms with E-state index in [2.05, 4.69) is 0 Å². The number of ketones is 3. The van der Waals surface area contributed by atoms with Crippen molar-refractivity contribution in [1.29, 1.82) is 0 Å². The second-order valence-electron chi connectivity index (χ2n) is 5.61. The average Bonchev–Trinajstić information content (AvgIpc) is 2.78. The van der Waals surface area contributed by atoms with Crippen LogP contribution in [0.3, 0.4) is 0 Å². The molecule has 116 valence electrons. The number of hydrogen-bond acceptors (Lipinski definition) is 6. The normalized spacial score (nSPS) is 26.9. The van der Waals surface area contributed by atoms with Crippen LogP contribution in [0.4, 0.5) is 0 Å². The number of carbonyl (C=O) groups excluding carboxylic acids is 3. The third-order valence-electron chi connectivity index (χ3n) is 4.33. The van der Waals surface area contributed by atoms with E-state index in [-0.39, 0.29) is 29.9 Å². The van der Waals surface area contributed by atoms with E-state index in [0.717, 1.165) is 0 Å². The molecule has 0 radical (unpaired) electrons. The predicted octanol–water partition coefficient (Wildman–Crippen LogP) is 1.59. The van der Waals surface area contributed by atoms with Crippen molar-refractivity contribution >= 4 is 17.3 Å². The van der Waals surface area contributed by atoms with Crippen molar-refractivity contribution in [3.8, 4) is 17.2 Å². The summed E-state index contributed by atoms with van der Waals surface area (Å²) in [5, 5.41) is 0. The minimum absolute atomic E-state index is 0.144. The largest absolute Gasteiger partial charge is 0.496 e. The fraction of sp³-hybridized carbons (Fsp3) is 0.438. The summed E-state index contributed by atoms with van der Waals surface area (Å²) >= 11 is 0. The molecule has 6 heteroatoms. The van der Waals surface area contributed by atoms with Gasteiger partial charge in [-0.2, -0.15) is 0 Å². The lowest BCUT2D eigenvalue weighted by molar-refractivity contribution is -0.143. The average molecular weight is 304 g/mol. The highest BCUT2D eigenvalue weighted by atomic mass is 16.5. The van der Waals surface area contributed by atoms with Gasteiger partial charge in [-0.3, -0.25) is 14.4 Å². The highest BCUT2D eigenvalue weighted by Crippen LogP contribution is 2.48. The van der Waals surface area contributed by atoms with Gasteiger partial charge >= 0.3 is 0 Å². The molecule has 1 aromatic rings. The Morgan fingerprint density at radius 3 is 2.50 bits per heavy atom. The Morgan fingerprint density at radius 1 is 1.18 bits per heavy atom. The zero-order valence-corrected chi connectivity index (χ0v) is 12.6.